The molecule has 2 aromatic rings. The maximum Gasteiger partial charge on any atom is 0.294 e. The number of hydrogen-bond donors (Lipinski definition) is 1. The summed E-state index contributed by atoms with van der Waals surface area (Å²) < 4.78 is 0. The molecule has 0 saturated heterocycles. The van der Waals surface area contributed by atoms with E-state index in [1.54, 1.807) is 0 Å². The molecule has 0 spiro atoms. The topological polar surface area (TPSA) is 57.6 Å². The fourth-order valence-corrected chi connectivity index (χ4v) is 3.57. The number of carbonyl (C=O) groups is 2. The van der Waals surface area contributed by atoms with E-state index >= 15 is 0 Å². The van der Waals surface area contributed by atoms with Gasteiger partial charge in [0.05, 0.1) is 11.6 Å². The lowest BCUT2D eigenvalue weighted by Crippen LogP contribution is -2.31. The number of nitrogens with zero attached hydrogens (tertiary/aromatic N) is 1. The van der Waals surface area contributed by atoms with Crippen LogP contribution < -0.4 is 4.90 Å². The molecule has 140 valence electrons. The molecule has 27 heavy (non-hydrogen) atoms. The van der Waals surface area contributed by atoms with Gasteiger partial charge in [0.1, 0.15) is 0 Å². The molecule has 4 nitrogen and oxygen atoms in total. The number of Topliss-reactive ketones (excluding diaryl/α,β-unsaturated/α-hetero) is 1. The summed E-state index contributed by atoms with van der Waals surface area (Å²) in [6.45, 7) is 7.82. The van der Waals surface area contributed by atoms with Crippen LogP contribution in [0.25, 0.3) is 0 Å². The Bertz CT molecular complexity index is 927. The minimum Gasteiger partial charge on any atom is -0.503 e. The highest BCUT2D eigenvalue weighted by atomic mass is 16.3. The number of carbonyl (C=O) groups excluding carboxylic acids is 2. The summed E-state index contributed by atoms with van der Waals surface area (Å²) in [7, 11) is 0. The third-order valence-electron chi connectivity index (χ3n) is 4.74. The Morgan fingerprint density at radius 3 is 2.30 bits per heavy atom. The van der Waals surface area contributed by atoms with E-state index in [4.69, 9.17) is 0 Å². The van der Waals surface area contributed by atoms with Gasteiger partial charge in [-0.1, -0.05) is 55.8 Å². The smallest absolute Gasteiger partial charge is 0.294 e. The number of aliphatic hydroxyl groups excluding tert-OH is 1. The van der Waals surface area contributed by atoms with Gasteiger partial charge in [0, 0.05) is 12.1 Å². The summed E-state index contributed by atoms with van der Waals surface area (Å²) in [5.41, 5.74) is 3.73. The van der Waals surface area contributed by atoms with E-state index in [1.807, 2.05) is 76.2 Å². The number of rotatable bonds is 5. The molecular weight excluding hydrogens is 338 g/mol. The second-order valence-electron chi connectivity index (χ2n) is 7.61. The van der Waals surface area contributed by atoms with Crippen LogP contribution in [0.1, 0.15) is 43.0 Å². The molecule has 1 aliphatic rings. The Balaban J connectivity index is 2.17. The van der Waals surface area contributed by atoms with Crippen molar-refractivity contribution in [2.24, 2.45) is 5.92 Å². The Kier molecular flexibility index (Phi) is 5.17. The van der Waals surface area contributed by atoms with Gasteiger partial charge in [-0.05, 0) is 43.0 Å². The molecule has 1 heterocycles. The number of hydrogen-bond acceptors (Lipinski definition) is 3. The van der Waals surface area contributed by atoms with Crippen LogP contribution in [0.2, 0.25) is 0 Å². The number of amides is 1. The number of aryl methyl sites for hydroxylation is 2. The quantitative estimate of drug-likeness (QED) is 0.829. The molecule has 3 rings (SSSR count). The second-order valence-corrected chi connectivity index (χ2v) is 7.61. The van der Waals surface area contributed by atoms with E-state index in [1.165, 1.54) is 4.90 Å². The summed E-state index contributed by atoms with van der Waals surface area (Å²) >= 11 is 0. The molecule has 0 aliphatic carbocycles. The van der Waals surface area contributed by atoms with Crippen molar-refractivity contribution in [2.45, 2.75) is 40.2 Å². The second kappa shape index (κ2) is 7.39. The van der Waals surface area contributed by atoms with E-state index in [0.29, 0.717) is 5.69 Å². The lowest BCUT2D eigenvalue weighted by Gasteiger charge is -2.27. The van der Waals surface area contributed by atoms with E-state index in [0.717, 1.165) is 16.7 Å². The molecule has 2 aromatic carbocycles. The SMILES string of the molecule is Cc1cccc(C2C(C(=O)CC(C)C)=C(O)C(=O)N2c2cccc(C)c2)c1. The molecule has 4 heteroatoms. The third kappa shape index (κ3) is 3.65. The largest absolute Gasteiger partial charge is 0.503 e. The number of anilines is 1. The first-order chi connectivity index (χ1) is 12.8. The predicted molar refractivity (Wildman–Crippen MR) is 107 cm³/mol. The van der Waals surface area contributed by atoms with Gasteiger partial charge >= 0.3 is 0 Å². The predicted octanol–water partition coefficient (Wildman–Crippen LogP) is 4.82. The van der Waals surface area contributed by atoms with E-state index in [2.05, 4.69) is 0 Å². The van der Waals surface area contributed by atoms with Crippen LogP contribution in [-0.2, 0) is 9.59 Å². The average molecular weight is 363 g/mol. The molecule has 1 amide bonds. The lowest BCUT2D eigenvalue weighted by atomic mass is 9.91. The van der Waals surface area contributed by atoms with Crippen molar-refractivity contribution in [1.82, 2.24) is 0 Å². The van der Waals surface area contributed by atoms with Crippen LogP contribution in [-0.4, -0.2) is 16.8 Å². The van der Waals surface area contributed by atoms with Crippen molar-refractivity contribution in [3.05, 3.63) is 76.6 Å². The van der Waals surface area contributed by atoms with Crippen molar-refractivity contribution in [1.29, 1.82) is 0 Å². The van der Waals surface area contributed by atoms with Crippen molar-refractivity contribution in [2.75, 3.05) is 4.90 Å². The van der Waals surface area contributed by atoms with Gasteiger partial charge in [-0.2, -0.15) is 0 Å². The summed E-state index contributed by atoms with van der Waals surface area (Å²) in [5, 5.41) is 10.6. The van der Waals surface area contributed by atoms with Crippen molar-refractivity contribution in [3.63, 3.8) is 0 Å². The Morgan fingerprint density at radius 1 is 1.07 bits per heavy atom. The normalized spacial score (nSPS) is 17.1. The highest BCUT2D eigenvalue weighted by molar-refractivity contribution is 6.16. The van der Waals surface area contributed by atoms with Crippen LogP contribution in [0.4, 0.5) is 5.69 Å². The zero-order valence-electron chi connectivity index (χ0n) is 16.2. The summed E-state index contributed by atoms with van der Waals surface area (Å²) in [6.07, 6.45) is 0.288. The van der Waals surface area contributed by atoms with Gasteiger partial charge in [0.15, 0.2) is 11.5 Å². The van der Waals surface area contributed by atoms with Crippen LogP contribution in [0.5, 0.6) is 0 Å². The highest BCUT2D eigenvalue weighted by Gasteiger charge is 2.44. The summed E-state index contributed by atoms with van der Waals surface area (Å²) in [5.74, 6) is -1.01. The van der Waals surface area contributed by atoms with Crippen molar-refractivity contribution >= 4 is 17.4 Å². The molecule has 0 bridgehead atoms. The Morgan fingerprint density at radius 2 is 1.70 bits per heavy atom. The maximum absolute atomic E-state index is 13.0. The molecule has 0 aromatic heterocycles. The van der Waals surface area contributed by atoms with Crippen LogP contribution in [0.15, 0.2) is 59.9 Å². The zero-order valence-corrected chi connectivity index (χ0v) is 16.2. The Labute approximate surface area is 160 Å². The number of benzene rings is 2. The third-order valence-corrected chi connectivity index (χ3v) is 4.74. The van der Waals surface area contributed by atoms with Gasteiger partial charge in [-0.25, -0.2) is 0 Å². The van der Waals surface area contributed by atoms with E-state index in [-0.39, 0.29) is 23.7 Å². The standard InChI is InChI=1S/C23H25NO3/c1-14(2)11-19(25)20-21(17-9-5-7-15(3)12-17)24(23(27)22(20)26)18-10-6-8-16(4)13-18/h5-10,12-14,21,26H,11H2,1-4H3. The minimum absolute atomic E-state index is 0.138. The minimum atomic E-state index is -0.620. The number of aliphatic hydroxyl groups is 1. The van der Waals surface area contributed by atoms with E-state index in [9.17, 15) is 14.7 Å². The van der Waals surface area contributed by atoms with Gasteiger partial charge in [0.2, 0.25) is 0 Å². The molecule has 1 atom stereocenters. The summed E-state index contributed by atoms with van der Waals surface area (Å²) in [4.78, 5) is 27.4. The molecule has 1 N–H and O–H groups in total. The lowest BCUT2D eigenvalue weighted by molar-refractivity contribution is -0.118. The molecule has 0 fully saturated rings. The first-order valence-corrected chi connectivity index (χ1v) is 9.22. The zero-order chi connectivity index (χ0) is 19.7. The molecule has 0 radical (unpaired) electrons. The van der Waals surface area contributed by atoms with Gasteiger partial charge < -0.3 is 5.11 Å². The van der Waals surface area contributed by atoms with Crippen LogP contribution in [0.3, 0.4) is 0 Å². The first kappa shape index (κ1) is 18.9. The van der Waals surface area contributed by atoms with Crippen LogP contribution in [0, 0.1) is 19.8 Å². The molecule has 1 unspecified atom stereocenters. The highest BCUT2D eigenvalue weighted by Crippen LogP contribution is 2.41. The Hall–Kier alpha value is -2.88. The summed E-state index contributed by atoms with van der Waals surface area (Å²) in [6, 6.07) is 14.7. The van der Waals surface area contributed by atoms with Crippen molar-refractivity contribution < 1.29 is 14.7 Å². The van der Waals surface area contributed by atoms with Crippen LogP contribution >= 0.6 is 0 Å². The first-order valence-electron chi connectivity index (χ1n) is 9.22. The maximum atomic E-state index is 13.0. The average Bonchev–Trinajstić information content (AvgIpc) is 2.86. The molecule has 0 saturated carbocycles. The fraction of sp³-hybridized carbons (Fsp3) is 0.304. The van der Waals surface area contributed by atoms with Gasteiger partial charge in [-0.3, -0.25) is 14.5 Å². The van der Waals surface area contributed by atoms with Gasteiger partial charge in [0.25, 0.3) is 5.91 Å². The van der Waals surface area contributed by atoms with E-state index < -0.39 is 17.7 Å². The monoisotopic (exact) mass is 363 g/mol. The fourth-order valence-electron chi connectivity index (χ4n) is 3.57. The molecule has 1 aliphatic heterocycles. The van der Waals surface area contributed by atoms with Gasteiger partial charge in [-0.15, -0.1) is 0 Å². The number of ketones is 1. The molecular formula is C23H25NO3. The van der Waals surface area contributed by atoms with Crippen molar-refractivity contribution in [3.8, 4) is 0 Å².